The van der Waals surface area contributed by atoms with Crippen LogP contribution in [0.4, 0.5) is 59.0 Å². The summed E-state index contributed by atoms with van der Waals surface area (Å²) in [6.07, 6.45) is 3.28. The van der Waals surface area contributed by atoms with Crippen LogP contribution in [0, 0.1) is 41.5 Å². The number of aliphatic carboxylic acids is 4. The molecule has 1 aliphatic heterocycles. The molecule has 34 nitrogen and oxygen atoms in total. The van der Waals surface area contributed by atoms with Gasteiger partial charge in [0.15, 0.2) is 12.1 Å². The minimum absolute atomic E-state index is 0. The summed E-state index contributed by atoms with van der Waals surface area (Å²) in [6.45, 7) is 16.2. The van der Waals surface area contributed by atoms with Gasteiger partial charge < -0.3 is 132 Å². The summed E-state index contributed by atoms with van der Waals surface area (Å²) in [5.74, 6) is -7.24. The van der Waals surface area contributed by atoms with Gasteiger partial charge in [0.1, 0.15) is 16.2 Å². The first-order valence-corrected chi connectivity index (χ1v) is 26.9. The summed E-state index contributed by atoms with van der Waals surface area (Å²) in [6, 6.07) is 10.1. The summed E-state index contributed by atoms with van der Waals surface area (Å²) >= 11 is 0. The van der Waals surface area contributed by atoms with Gasteiger partial charge in [-0.3, -0.25) is 14.1 Å². The molecule has 0 aromatic heterocycles. The normalized spacial score (nSPS) is 9.53. The van der Waals surface area contributed by atoms with E-state index in [1.54, 1.807) is 51.1 Å². The molecule has 9 N–H and O–H groups in total. The Balaban J connectivity index is -0.000000651. The zero-order valence-electron chi connectivity index (χ0n) is 57.4. The predicted octanol–water partition coefficient (Wildman–Crippen LogP) is -25.1. The van der Waals surface area contributed by atoms with Crippen LogP contribution >= 0.6 is 0 Å². The van der Waals surface area contributed by atoms with Gasteiger partial charge in [-0.1, -0.05) is 44.5 Å². The first-order valence-electron chi connectivity index (χ1n) is 25.5. The molecule has 0 saturated heterocycles. The van der Waals surface area contributed by atoms with Crippen molar-refractivity contribution in [1.82, 2.24) is 9.80 Å². The van der Waals surface area contributed by atoms with Crippen molar-refractivity contribution in [3.05, 3.63) is 162 Å². The summed E-state index contributed by atoms with van der Waals surface area (Å²) < 4.78 is 42.8. The van der Waals surface area contributed by atoms with E-state index in [0.717, 1.165) is 25.0 Å². The minimum atomic E-state index is -4.87. The summed E-state index contributed by atoms with van der Waals surface area (Å²) in [5, 5.41) is 94.4. The number of urea groups is 4. The smallest absolute Gasteiger partial charge is 0.664 e. The molecule has 0 atom stereocenters. The Kier molecular flexibility index (Phi) is 60.1. The second-order valence-electron chi connectivity index (χ2n) is 18.1. The second kappa shape index (κ2) is 54.8. The summed E-state index contributed by atoms with van der Waals surface area (Å²) in [5.41, 5.74) is 18.4. The quantitative estimate of drug-likeness (QED) is 0.00878. The Morgan fingerprint density at radius 3 is 1.21 bits per heavy atom. The van der Waals surface area contributed by atoms with E-state index in [1.807, 2.05) is 0 Å². The number of carboxylic acids is 4. The molecule has 1 aliphatic carbocycles. The first kappa shape index (κ1) is 110. The van der Waals surface area contributed by atoms with Crippen molar-refractivity contribution in [2.45, 2.75) is 46.4 Å². The van der Waals surface area contributed by atoms with Gasteiger partial charge in [0.25, 0.3) is 10.1 Å². The van der Waals surface area contributed by atoms with Gasteiger partial charge in [-0.25, -0.2) is 14.6 Å². The molecule has 0 spiro atoms. The third kappa shape index (κ3) is 34.0. The van der Waals surface area contributed by atoms with E-state index >= 15 is 0 Å². The molecule has 1 heterocycles. The molecule has 43 heteroatoms. The number of nitrogens with zero attached hydrogens (tertiary/aromatic N) is 2. The van der Waals surface area contributed by atoms with Crippen molar-refractivity contribution >= 4 is 109 Å². The molecular formula is C57H57N10Na8O24S-. The van der Waals surface area contributed by atoms with Crippen LogP contribution in [0.15, 0.2) is 121 Å². The minimum Gasteiger partial charge on any atom is -0.664 e. The molecular weight excluding hydrogens is 1420 g/mol. The van der Waals surface area contributed by atoms with Gasteiger partial charge >= 0.3 is 249 Å². The van der Waals surface area contributed by atoms with Crippen LogP contribution < -0.4 is 315 Å². The number of fused-ring (bicyclic) bond motifs is 2. The Morgan fingerprint density at radius 2 is 0.870 bits per heavy atom. The van der Waals surface area contributed by atoms with E-state index in [0.29, 0.717) is 48.8 Å². The average Bonchev–Trinajstić information content (AvgIpc) is 0.751. The Labute approximate surface area is 749 Å². The van der Waals surface area contributed by atoms with Crippen LogP contribution in [0.3, 0.4) is 0 Å². The topological polar surface area (TPSA) is 554 Å². The Bertz CT molecular complexity index is 3780. The summed E-state index contributed by atoms with van der Waals surface area (Å²) in [7, 11) is -4.87. The van der Waals surface area contributed by atoms with Crippen molar-refractivity contribution in [3.8, 4) is 22.5 Å². The van der Waals surface area contributed by atoms with E-state index in [1.165, 1.54) is 51.1 Å². The van der Waals surface area contributed by atoms with Crippen molar-refractivity contribution < 1.29 is 358 Å². The van der Waals surface area contributed by atoms with Crippen molar-refractivity contribution in [3.63, 3.8) is 0 Å². The number of carbonyl (C=O) groups excluding carboxylic acids is 8. The van der Waals surface area contributed by atoms with Crippen LogP contribution in [0.2, 0.25) is 0 Å². The molecule has 4 aromatic rings. The molecule has 100 heavy (non-hydrogen) atoms. The number of rotatable bonds is 21. The third-order valence-electron chi connectivity index (χ3n) is 12.3. The van der Waals surface area contributed by atoms with Crippen molar-refractivity contribution in [2.75, 3.05) is 52.8 Å². The number of amides is 8. The van der Waals surface area contributed by atoms with E-state index < -0.39 is 89.2 Å². The van der Waals surface area contributed by atoms with Gasteiger partial charge in [0.05, 0.1) is 92.5 Å². The van der Waals surface area contributed by atoms with Gasteiger partial charge in [-0.15, -0.1) is 0 Å². The third-order valence-corrected chi connectivity index (χ3v) is 13.2. The largest absolute Gasteiger partial charge is 1.00 e. The number of carbonyl (C=O) groups is 8. The maximum Gasteiger partial charge on any atom is 1.00 e. The Hall–Kier alpha value is -3.76. The van der Waals surface area contributed by atoms with Crippen molar-refractivity contribution in [2.24, 2.45) is 0 Å². The SMILES string of the molecule is C=CO[O-].C=CO[O-].C=CO[O-].C=CO[O-].Cc1c(NC([NH-])=O)c(C)c(Nc2ccc3c(-c4ccccc4S(=O)(=O)O)c4ccc(=[NH+]c5c(C)c(NC(=O)N(CC(=O)[O-])CC(=O)[O-])c(C)c(NC(=O)N(CC(=O)[O-])CC(=O)[O-])c5C)cc-4oc3c2)c(C)c1NC([NH-])=O.[Na+].[Na+].[Na+].[Na+].[Na+].[Na+].[Na+].[Na+]. The van der Waals surface area contributed by atoms with E-state index in [9.17, 15) is 71.8 Å². The van der Waals surface area contributed by atoms with E-state index in [4.69, 9.17) is 36.9 Å². The number of carboxylic acid groups (broad SMARTS) is 4. The molecule has 0 fully saturated rings. The standard InChI is InChI=1S/C49H50N10O16S.4C2H4O2.8Na/c1-21-40(22(2)43(55-47(51)69)25(5)42(21)54-46(50)68)52-27-11-13-29-32(15-27)75-33-16-28(12-14-30(33)39(29)31-9-7-8-10-34(31)76(72,73)74)53-41-23(3)44(56-48(70)58(17-35(60)61)18-36(62)63)26(6)45(24(41)4)57-49(71)59(19-37(64)65)20-38(66)67;4*1-2-4-3;;;;;;;;/h7-16H,17-20H2,1-6H3,(H14,50,51,52,53,54,55,56,57,60,61,62,63,64,65,66,67,68,69,70,71,72,73,74);4*2-3H,1H2;;;;;;;;/q;;;;;8*+1/p-9. The van der Waals surface area contributed by atoms with Gasteiger partial charge in [-0.05, 0) is 99.4 Å². The fourth-order valence-corrected chi connectivity index (χ4v) is 9.41. The van der Waals surface area contributed by atoms with E-state index in [-0.39, 0.29) is 309 Å². The van der Waals surface area contributed by atoms with Crippen molar-refractivity contribution in [1.29, 1.82) is 0 Å². The van der Waals surface area contributed by atoms with Crippen LogP contribution in [-0.2, 0) is 48.8 Å². The number of hydrogen-bond acceptors (Lipinski definition) is 24. The maximum absolute atomic E-state index is 13.6. The van der Waals surface area contributed by atoms with E-state index in [2.05, 4.69) is 77.4 Å². The second-order valence-corrected chi connectivity index (χ2v) is 19.5. The zero-order chi connectivity index (χ0) is 69.9. The number of hydrogen-bond donors (Lipinski definition) is 7. The first-order chi connectivity index (χ1) is 43.2. The molecule has 0 unspecified atom stereocenters. The monoisotopic (exact) mass is 1480 g/mol. The molecule has 4 aromatic carbocycles. The van der Waals surface area contributed by atoms with Crippen LogP contribution in [0.1, 0.15) is 33.4 Å². The molecule has 6 rings (SSSR count). The molecule has 0 bridgehead atoms. The fraction of sp³-hybridized carbons (Fsp3) is 0.175. The molecule has 0 saturated carbocycles. The number of benzene rings is 5. The molecule has 0 radical (unpaired) electrons. The number of nitrogens with one attached hydrogen (secondary N) is 8. The average molecular weight is 1480 g/mol. The molecule has 8 amide bonds. The van der Waals surface area contributed by atoms with Gasteiger partial charge in [-0.2, -0.15) is 8.42 Å². The zero-order valence-corrected chi connectivity index (χ0v) is 74.2. The predicted molar refractivity (Wildman–Crippen MR) is 309 cm³/mol. The van der Waals surface area contributed by atoms with Crippen LogP contribution in [-0.4, -0.2) is 97.0 Å². The molecule has 2 aliphatic rings. The fourth-order valence-electron chi connectivity index (χ4n) is 8.71. The molecule has 494 valence electrons. The Morgan fingerprint density at radius 1 is 0.520 bits per heavy atom. The van der Waals surface area contributed by atoms with Crippen LogP contribution in [0.25, 0.3) is 44.9 Å². The maximum atomic E-state index is 13.6. The van der Waals surface area contributed by atoms with Gasteiger partial charge in [0.2, 0.25) is 11.0 Å². The number of anilines is 6. The van der Waals surface area contributed by atoms with Crippen LogP contribution in [0.5, 0.6) is 0 Å². The summed E-state index contributed by atoms with van der Waals surface area (Å²) in [4.78, 5) is 113. The van der Waals surface area contributed by atoms with Gasteiger partial charge in [0, 0.05) is 56.7 Å².